The number of nitrogens with zero attached hydrogens (tertiary/aromatic N) is 3. The van der Waals surface area contributed by atoms with Crippen molar-refractivity contribution in [2.75, 3.05) is 26.8 Å². The van der Waals surface area contributed by atoms with E-state index >= 15 is 0 Å². The van der Waals surface area contributed by atoms with Crippen molar-refractivity contribution >= 4 is 29.1 Å². The van der Waals surface area contributed by atoms with E-state index in [1.54, 1.807) is 12.3 Å². The van der Waals surface area contributed by atoms with Crippen molar-refractivity contribution in [3.8, 4) is 0 Å². The van der Waals surface area contributed by atoms with Crippen LogP contribution in [0.4, 0.5) is 0 Å². The fraction of sp³-hybridized carbons (Fsp3) is 0.806. The molecular formula is C31H54N4O6S. The Bertz CT molecular complexity index is 973. The molecule has 0 aliphatic carbocycles. The molecule has 0 radical (unpaired) electrons. The molecule has 1 aliphatic rings. The molecule has 2 N–H and O–H groups in total. The van der Waals surface area contributed by atoms with Crippen LogP contribution in [0.5, 0.6) is 0 Å². The highest BCUT2D eigenvalue weighted by atomic mass is 32.1. The number of aliphatic hydroxyl groups is 1. The molecule has 1 fully saturated rings. The Morgan fingerprint density at radius 1 is 1.17 bits per heavy atom. The van der Waals surface area contributed by atoms with Gasteiger partial charge in [-0.25, -0.2) is 14.8 Å². The highest BCUT2D eigenvalue weighted by Crippen LogP contribution is 2.29. The largest absolute Gasteiger partial charge is 0.461 e. The second kappa shape index (κ2) is 18.6. The molecule has 5 atom stereocenters. The van der Waals surface area contributed by atoms with E-state index in [1.165, 1.54) is 16.4 Å². The molecule has 2 heterocycles. The van der Waals surface area contributed by atoms with Gasteiger partial charge in [0.15, 0.2) is 5.69 Å². The lowest BCUT2D eigenvalue weighted by molar-refractivity contribution is -0.212. The number of unbranched alkanes of at least 4 members (excludes halogenated alkanes) is 3. The first-order valence-corrected chi connectivity index (χ1v) is 16.7. The Hall–Kier alpha value is -2.08. The van der Waals surface area contributed by atoms with Crippen molar-refractivity contribution in [2.45, 2.75) is 124 Å². The van der Waals surface area contributed by atoms with E-state index in [4.69, 9.17) is 9.57 Å². The number of carbonyl (C=O) groups is 3. The summed E-state index contributed by atoms with van der Waals surface area (Å²) in [7, 11) is 1.96. The first kappa shape index (κ1) is 36.1. The molecule has 240 valence electrons. The standard InChI is InChI=1S/C31H54N4O6S/c1-8-11-12-15-18-41-35(25(21(4)5)19-26(36)29-32-23(20-42-29)31(39)40-10-3)30(38)27(22(6)9-2)33-28(37)24-16-13-14-17-34(24)7/h20-22,24-27,36H,8-19H2,1-7H3,(H,33,37)/t22-,24+,25+,26+,27-/m0/s1. The third-order valence-corrected chi connectivity index (χ3v) is 9.07. The summed E-state index contributed by atoms with van der Waals surface area (Å²) >= 11 is 1.18. The number of hydroxylamine groups is 2. The van der Waals surface area contributed by atoms with E-state index < -0.39 is 24.2 Å². The average Bonchev–Trinajstić information content (AvgIpc) is 3.47. The number of rotatable bonds is 18. The second-order valence-electron chi connectivity index (χ2n) is 11.8. The van der Waals surface area contributed by atoms with Crippen LogP contribution in [0.2, 0.25) is 0 Å². The molecule has 1 aromatic heterocycles. The van der Waals surface area contributed by atoms with Crippen molar-refractivity contribution in [3.05, 3.63) is 16.1 Å². The Morgan fingerprint density at radius 3 is 2.52 bits per heavy atom. The van der Waals surface area contributed by atoms with Gasteiger partial charge in [0.25, 0.3) is 5.91 Å². The maximum atomic E-state index is 14.3. The summed E-state index contributed by atoms with van der Waals surface area (Å²) in [6.07, 6.45) is 6.62. The van der Waals surface area contributed by atoms with Crippen LogP contribution in [0, 0.1) is 11.8 Å². The van der Waals surface area contributed by atoms with Crippen LogP contribution in [0.1, 0.15) is 121 Å². The van der Waals surface area contributed by atoms with Gasteiger partial charge in [-0.15, -0.1) is 11.3 Å². The third kappa shape index (κ3) is 10.6. The number of nitrogens with one attached hydrogen (secondary N) is 1. The van der Waals surface area contributed by atoms with E-state index in [2.05, 4.69) is 22.1 Å². The second-order valence-corrected chi connectivity index (χ2v) is 12.7. The van der Waals surface area contributed by atoms with Gasteiger partial charge in [0, 0.05) is 11.8 Å². The van der Waals surface area contributed by atoms with Crippen molar-refractivity contribution in [1.82, 2.24) is 20.3 Å². The molecular weight excluding hydrogens is 556 g/mol. The number of likely N-dealkylation sites (tertiary alicyclic amines) is 1. The van der Waals surface area contributed by atoms with Crippen LogP contribution in [-0.4, -0.2) is 82.8 Å². The van der Waals surface area contributed by atoms with Gasteiger partial charge in [0.1, 0.15) is 17.2 Å². The number of hydrogen-bond acceptors (Lipinski definition) is 9. The summed E-state index contributed by atoms with van der Waals surface area (Å²) < 4.78 is 5.04. The van der Waals surface area contributed by atoms with Gasteiger partial charge in [-0.2, -0.15) is 0 Å². The monoisotopic (exact) mass is 610 g/mol. The fourth-order valence-corrected chi connectivity index (χ4v) is 5.98. The normalized spacial score (nSPS) is 18.7. The first-order valence-electron chi connectivity index (χ1n) is 15.8. The molecule has 0 bridgehead atoms. The molecule has 11 heteroatoms. The molecule has 2 amide bonds. The van der Waals surface area contributed by atoms with Crippen LogP contribution in [-0.2, 0) is 19.2 Å². The number of carbonyl (C=O) groups excluding carboxylic acids is 3. The Balaban J connectivity index is 2.32. The van der Waals surface area contributed by atoms with E-state index in [-0.39, 0.29) is 48.4 Å². The molecule has 2 rings (SSSR count). The fourth-order valence-electron chi connectivity index (χ4n) is 5.20. The predicted octanol–water partition coefficient (Wildman–Crippen LogP) is 5.12. The molecule has 42 heavy (non-hydrogen) atoms. The minimum Gasteiger partial charge on any atom is -0.461 e. The van der Waals surface area contributed by atoms with Crippen molar-refractivity contribution in [2.24, 2.45) is 11.8 Å². The van der Waals surface area contributed by atoms with Crippen LogP contribution in [0.3, 0.4) is 0 Å². The number of thiazole rings is 1. The van der Waals surface area contributed by atoms with Gasteiger partial charge in [0.05, 0.1) is 25.3 Å². The van der Waals surface area contributed by atoms with E-state index in [0.29, 0.717) is 18.0 Å². The van der Waals surface area contributed by atoms with E-state index in [1.807, 2.05) is 34.7 Å². The number of esters is 1. The van der Waals surface area contributed by atoms with Crippen LogP contribution >= 0.6 is 11.3 Å². The summed E-state index contributed by atoms with van der Waals surface area (Å²) in [6, 6.07) is -1.51. The Morgan fingerprint density at radius 2 is 1.90 bits per heavy atom. The highest BCUT2D eigenvalue weighted by Gasteiger charge is 2.39. The smallest absolute Gasteiger partial charge is 0.357 e. The van der Waals surface area contributed by atoms with Crippen molar-refractivity contribution < 1.29 is 29.1 Å². The van der Waals surface area contributed by atoms with Crippen LogP contribution in [0.25, 0.3) is 0 Å². The van der Waals surface area contributed by atoms with Gasteiger partial charge in [0.2, 0.25) is 5.91 Å². The third-order valence-electron chi connectivity index (χ3n) is 8.12. The zero-order valence-corrected chi connectivity index (χ0v) is 27.6. The number of piperidine rings is 1. The zero-order chi connectivity index (χ0) is 31.2. The highest BCUT2D eigenvalue weighted by molar-refractivity contribution is 7.09. The number of likely N-dealkylation sites (N-methyl/N-ethyl adjacent to an activating group) is 1. The summed E-state index contributed by atoms with van der Waals surface area (Å²) in [6.45, 7) is 13.3. The molecule has 1 saturated heterocycles. The zero-order valence-electron chi connectivity index (χ0n) is 26.8. The quantitative estimate of drug-likeness (QED) is 0.133. The molecule has 1 aliphatic heterocycles. The van der Waals surface area contributed by atoms with Gasteiger partial charge < -0.3 is 15.2 Å². The number of aromatic nitrogens is 1. The predicted molar refractivity (Wildman–Crippen MR) is 165 cm³/mol. The molecule has 0 saturated carbocycles. The summed E-state index contributed by atoms with van der Waals surface area (Å²) in [5, 5.41) is 17.7. The SMILES string of the molecule is CCCCCCON(C(=O)[C@@H](NC(=O)[C@H]1CCCCN1C)[C@@H](C)CC)[C@H](C[C@@H](O)c1nc(C(=O)OCC)cs1)C(C)C. The van der Waals surface area contributed by atoms with Gasteiger partial charge >= 0.3 is 5.97 Å². The molecule has 0 unspecified atom stereocenters. The number of aliphatic hydroxyl groups excluding tert-OH is 1. The number of ether oxygens (including phenoxy) is 1. The van der Waals surface area contributed by atoms with E-state index in [0.717, 1.165) is 51.5 Å². The van der Waals surface area contributed by atoms with Gasteiger partial charge in [-0.1, -0.05) is 66.7 Å². The van der Waals surface area contributed by atoms with Crippen molar-refractivity contribution in [3.63, 3.8) is 0 Å². The maximum Gasteiger partial charge on any atom is 0.357 e. The van der Waals surface area contributed by atoms with E-state index in [9.17, 15) is 19.5 Å². The molecule has 1 aromatic rings. The van der Waals surface area contributed by atoms with Crippen LogP contribution < -0.4 is 5.32 Å². The van der Waals surface area contributed by atoms with Crippen molar-refractivity contribution in [1.29, 1.82) is 0 Å². The maximum absolute atomic E-state index is 14.3. The number of amides is 2. The summed E-state index contributed by atoms with van der Waals surface area (Å²) in [5.74, 6) is -1.15. The van der Waals surface area contributed by atoms with Crippen LogP contribution in [0.15, 0.2) is 5.38 Å². The topological polar surface area (TPSA) is 121 Å². The molecule has 0 spiro atoms. The lowest BCUT2D eigenvalue weighted by atomic mass is 9.93. The minimum atomic E-state index is -1.02. The summed E-state index contributed by atoms with van der Waals surface area (Å²) in [5.41, 5.74) is 0.157. The average molecular weight is 611 g/mol. The minimum absolute atomic E-state index is 0.0681. The Kier molecular flexibility index (Phi) is 16.0. The first-order chi connectivity index (χ1) is 20.0. The molecule has 0 aromatic carbocycles. The Labute approximate surface area is 256 Å². The summed E-state index contributed by atoms with van der Waals surface area (Å²) in [4.78, 5) is 52.4. The van der Waals surface area contributed by atoms with Gasteiger partial charge in [-0.05, 0) is 51.6 Å². The lowest BCUT2D eigenvalue weighted by Crippen LogP contribution is -2.58. The van der Waals surface area contributed by atoms with Gasteiger partial charge in [-0.3, -0.25) is 19.3 Å². The lowest BCUT2D eigenvalue weighted by Gasteiger charge is -2.38. The number of hydrogen-bond donors (Lipinski definition) is 2. The molecule has 10 nitrogen and oxygen atoms in total.